The fraction of sp³-hybridized carbons (Fsp3) is 0.267. The topological polar surface area (TPSA) is 49.9 Å². The molecular weight excluding hydrogens is 468 g/mol. The summed E-state index contributed by atoms with van der Waals surface area (Å²) in [4.78, 5) is 2.72. The minimum atomic E-state index is -3.69. The van der Waals surface area contributed by atoms with Crippen molar-refractivity contribution in [1.29, 1.82) is 0 Å². The smallest absolute Gasteiger partial charge is 0.243 e. The van der Waals surface area contributed by atoms with Crippen LogP contribution in [0.1, 0.15) is 24.0 Å². The first-order valence-electron chi connectivity index (χ1n) is 12.4. The van der Waals surface area contributed by atoms with Gasteiger partial charge in [0.05, 0.1) is 12.0 Å². The molecule has 186 valence electrons. The predicted molar refractivity (Wildman–Crippen MR) is 144 cm³/mol. The van der Waals surface area contributed by atoms with Crippen molar-refractivity contribution in [3.8, 4) is 5.75 Å². The van der Waals surface area contributed by atoms with E-state index in [0.29, 0.717) is 17.2 Å². The van der Waals surface area contributed by atoms with Crippen molar-refractivity contribution >= 4 is 20.8 Å². The summed E-state index contributed by atoms with van der Waals surface area (Å²) in [7, 11) is -2.11. The Labute approximate surface area is 214 Å². The van der Waals surface area contributed by atoms with Gasteiger partial charge in [-0.1, -0.05) is 66.7 Å². The highest BCUT2D eigenvalue weighted by Crippen LogP contribution is 2.29. The summed E-state index contributed by atoms with van der Waals surface area (Å²) in [6, 6.07) is 31.5. The second-order valence-electron chi connectivity index (χ2n) is 9.40. The first-order valence-corrected chi connectivity index (χ1v) is 13.9. The van der Waals surface area contributed by atoms with Gasteiger partial charge < -0.3 is 4.74 Å². The van der Waals surface area contributed by atoms with E-state index in [1.54, 1.807) is 35.7 Å². The Kier molecular flexibility index (Phi) is 7.37. The summed E-state index contributed by atoms with van der Waals surface area (Å²) in [5.41, 5.74) is 2.28. The Morgan fingerprint density at radius 2 is 1.47 bits per heavy atom. The minimum Gasteiger partial charge on any atom is -0.497 e. The van der Waals surface area contributed by atoms with Crippen LogP contribution in [0.4, 0.5) is 0 Å². The molecule has 36 heavy (non-hydrogen) atoms. The average Bonchev–Trinajstić information content (AvgIpc) is 2.93. The Balaban J connectivity index is 1.40. The third-order valence-corrected chi connectivity index (χ3v) is 8.94. The lowest BCUT2D eigenvalue weighted by Gasteiger charge is -2.38. The van der Waals surface area contributed by atoms with Crippen molar-refractivity contribution in [3.05, 3.63) is 108 Å². The van der Waals surface area contributed by atoms with E-state index in [4.69, 9.17) is 4.74 Å². The van der Waals surface area contributed by atoms with Crippen molar-refractivity contribution in [1.82, 2.24) is 9.21 Å². The van der Waals surface area contributed by atoms with Gasteiger partial charge in [-0.3, -0.25) is 4.90 Å². The van der Waals surface area contributed by atoms with E-state index in [1.807, 2.05) is 24.3 Å². The third kappa shape index (κ3) is 5.46. The van der Waals surface area contributed by atoms with Gasteiger partial charge in [-0.15, -0.1) is 0 Å². The van der Waals surface area contributed by atoms with Gasteiger partial charge in [0.15, 0.2) is 0 Å². The number of ether oxygens (including phenoxy) is 1. The predicted octanol–water partition coefficient (Wildman–Crippen LogP) is 5.70. The van der Waals surface area contributed by atoms with Crippen molar-refractivity contribution in [2.75, 3.05) is 20.2 Å². The van der Waals surface area contributed by atoms with Crippen LogP contribution in [0, 0.1) is 0 Å². The zero-order valence-electron chi connectivity index (χ0n) is 20.6. The molecule has 0 unspecified atom stereocenters. The van der Waals surface area contributed by atoms with E-state index >= 15 is 0 Å². The molecule has 0 aromatic heterocycles. The summed E-state index contributed by atoms with van der Waals surface area (Å²) in [5.74, 6) is 0.643. The molecule has 1 fully saturated rings. The van der Waals surface area contributed by atoms with Crippen molar-refractivity contribution in [2.24, 2.45) is 0 Å². The van der Waals surface area contributed by atoms with Crippen LogP contribution in [0.15, 0.2) is 102 Å². The molecule has 5 nitrogen and oxygen atoms in total. The van der Waals surface area contributed by atoms with E-state index in [-0.39, 0.29) is 6.04 Å². The maximum absolute atomic E-state index is 13.9. The number of fused-ring (bicyclic) bond motifs is 1. The third-order valence-electron chi connectivity index (χ3n) is 7.03. The molecule has 1 aliphatic heterocycles. The van der Waals surface area contributed by atoms with Gasteiger partial charge in [0.2, 0.25) is 10.0 Å². The Morgan fingerprint density at radius 1 is 0.806 bits per heavy atom. The number of sulfonamides is 1. The van der Waals surface area contributed by atoms with E-state index in [9.17, 15) is 8.42 Å². The summed E-state index contributed by atoms with van der Waals surface area (Å²) < 4.78 is 34.8. The van der Waals surface area contributed by atoms with E-state index in [2.05, 4.69) is 53.4 Å². The molecule has 6 heteroatoms. The summed E-state index contributed by atoms with van der Waals surface area (Å²) in [6.45, 7) is 2.98. The highest BCUT2D eigenvalue weighted by molar-refractivity contribution is 7.89. The maximum Gasteiger partial charge on any atom is 0.243 e. The van der Waals surface area contributed by atoms with Gasteiger partial charge in [-0.25, -0.2) is 8.42 Å². The molecule has 5 rings (SSSR count). The number of methoxy groups -OCH3 is 1. The molecule has 0 atom stereocenters. The lowest BCUT2D eigenvalue weighted by Crippen LogP contribution is -2.46. The molecule has 1 aliphatic rings. The van der Waals surface area contributed by atoms with E-state index in [0.717, 1.165) is 48.8 Å². The van der Waals surface area contributed by atoms with E-state index in [1.165, 1.54) is 5.56 Å². The van der Waals surface area contributed by atoms with Crippen molar-refractivity contribution in [3.63, 3.8) is 0 Å². The van der Waals surface area contributed by atoms with Crippen LogP contribution in [-0.4, -0.2) is 43.9 Å². The summed E-state index contributed by atoms with van der Waals surface area (Å²) >= 11 is 0. The molecule has 4 aromatic carbocycles. The zero-order chi connectivity index (χ0) is 25.0. The number of hydrogen-bond acceptors (Lipinski definition) is 4. The van der Waals surface area contributed by atoms with E-state index < -0.39 is 10.0 Å². The lowest BCUT2D eigenvalue weighted by atomic mass is 10.0. The van der Waals surface area contributed by atoms with Crippen LogP contribution in [0.3, 0.4) is 0 Å². The quantitative estimate of drug-likeness (QED) is 0.311. The van der Waals surface area contributed by atoms with Crippen LogP contribution in [0.2, 0.25) is 0 Å². The van der Waals surface area contributed by atoms with Crippen LogP contribution in [0.25, 0.3) is 10.8 Å². The average molecular weight is 501 g/mol. The van der Waals surface area contributed by atoms with Gasteiger partial charge in [-0.2, -0.15) is 4.31 Å². The number of piperidine rings is 1. The second-order valence-corrected chi connectivity index (χ2v) is 11.3. The number of nitrogens with zero attached hydrogens (tertiary/aromatic N) is 2. The monoisotopic (exact) mass is 500 g/mol. The molecule has 4 aromatic rings. The summed E-state index contributed by atoms with van der Waals surface area (Å²) in [5, 5.41) is 2.27. The number of likely N-dealkylation sites (tertiary alicyclic amines) is 1. The second kappa shape index (κ2) is 10.8. The fourth-order valence-electron chi connectivity index (χ4n) is 5.02. The highest BCUT2D eigenvalue weighted by atomic mass is 32.2. The van der Waals surface area contributed by atoms with Crippen molar-refractivity contribution in [2.45, 2.75) is 36.9 Å². The number of hydrogen-bond donors (Lipinski definition) is 0. The largest absolute Gasteiger partial charge is 0.497 e. The zero-order valence-corrected chi connectivity index (χ0v) is 21.4. The first kappa shape index (κ1) is 24.5. The normalized spacial score (nSPS) is 15.4. The molecule has 0 bridgehead atoms. The minimum absolute atomic E-state index is 0.0596. The first-order chi connectivity index (χ1) is 17.5. The lowest BCUT2D eigenvalue weighted by molar-refractivity contribution is 0.150. The van der Waals surface area contributed by atoms with Crippen LogP contribution in [-0.2, 0) is 23.1 Å². The SMILES string of the molecule is COc1ccc(S(=O)(=O)N(Cc2ccc3ccccc3c2)C2CCN(Cc3ccccc3)CC2)cc1. The molecule has 0 spiro atoms. The van der Waals surface area contributed by atoms with Gasteiger partial charge >= 0.3 is 0 Å². The van der Waals surface area contributed by atoms with Gasteiger partial charge in [0.25, 0.3) is 0 Å². The molecule has 0 saturated carbocycles. The van der Waals surface area contributed by atoms with Crippen molar-refractivity contribution < 1.29 is 13.2 Å². The van der Waals surface area contributed by atoms with Crippen LogP contribution >= 0.6 is 0 Å². The van der Waals surface area contributed by atoms with Gasteiger partial charge in [-0.05, 0) is 65.1 Å². The maximum atomic E-state index is 13.9. The molecule has 1 saturated heterocycles. The van der Waals surface area contributed by atoms with Gasteiger partial charge in [0, 0.05) is 32.2 Å². The Hall–Kier alpha value is -3.19. The number of rotatable bonds is 8. The highest BCUT2D eigenvalue weighted by Gasteiger charge is 2.34. The Bertz CT molecular complexity index is 1400. The van der Waals surface area contributed by atoms with Crippen LogP contribution in [0.5, 0.6) is 5.75 Å². The standard InChI is InChI=1S/C30H32N2O3S/c1-35-29-13-15-30(16-14-29)36(33,34)32(23-25-11-12-26-9-5-6-10-27(26)21-25)28-17-19-31(20-18-28)22-24-7-3-2-4-8-24/h2-16,21,28H,17-20,22-23H2,1H3. The van der Waals surface area contributed by atoms with Gasteiger partial charge in [0.1, 0.15) is 5.75 Å². The molecule has 0 radical (unpaired) electrons. The summed E-state index contributed by atoms with van der Waals surface area (Å²) in [6.07, 6.45) is 1.60. The molecule has 0 N–H and O–H groups in total. The molecule has 1 heterocycles. The molecule has 0 amide bonds. The Morgan fingerprint density at radius 3 is 2.17 bits per heavy atom. The fourth-order valence-corrected chi connectivity index (χ4v) is 6.69. The number of benzene rings is 4. The van der Waals surface area contributed by atoms with Crippen LogP contribution < -0.4 is 4.74 Å². The molecule has 0 aliphatic carbocycles. The molecular formula is C30H32N2O3S.